The number of hydrogen-bond acceptors (Lipinski definition) is 4. The Morgan fingerprint density at radius 1 is 1.56 bits per heavy atom. The molecule has 1 saturated heterocycles. The molecule has 0 saturated carbocycles. The number of nitrogens with zero attached hydrogens (tertiary/aromatic N) is 2. The molecule has 0 radical (unpaired) electrons. The number of aromatic nitrogens is 2. The van der Waals surface area contributed by atoms with Crippen LogP contribution >= 0.6 is 0 Å². The topological polar surface area (TPSA) is 78.1 Å². The van der Waals surface area contributed by atoms with Gasteiger partial charge in [0.2, 0.25) is 0 Å². The lowest BCUT2D eigenvalue weighted by Gasteiger charge is -2.33. The number of rotatable bonds is 5. The molecule has 0 aromatic carbocycles. The molecule has 2 rings (SSSR count). The van der Waals surface area contributed by atoms with E-state index in [-0.39, 0.29) is 11.1 Å². The first-order valence-electron chi connectivity index (χ1n) is 6.38. The molecular weight excluding hydrogens is 252 g/mol. The SMILES string of the molecule is CCCN(C1CCCNC1)S(=O)(=O)c1ccn[nH]1. The Labute approximate surface area is 108 Å². The van der Waals surface area contributed by atoms with Crippen molar-refractivity contribution >= 4 is 10.0 Å². The Balaban J connectivity index is 2.23. The molecule has 1 unspecified atom stereocenters. The quantitative estimate of drug-likeness (QED) is 0.821. The highest BCUT2D eigenvalue weighted by Crippen LogP contribution is 2.20. The average molecular weight is 272 g/mol. The summed E-state index contributed by atoms with van der Waals surface area (Å²) in [5.41, 5.74) is 0. The predicted molar refractivity (Wildman–Crippen MR) is 68.7 cm³/mol. The number of piperidine rings is 1. The molecule has 2 heterocycles. The summed E-state index contributed by atoms with van der Waals surface area (Å²) in [6.45, 7) is 4.24. The van der Waals surface area contributed by atoms with E-state index in [1.54, 1.807) is 4.31 Å². The molecule has 0 aliphatic carbocycles. The molecular formula is C11H20N4O2S. The summed E-state index contributed by atoms with van der Waals surface area (Å²) in [5.74, 6) is 0. The van der Waals surface area contributed by atoms with E-state index in [9.17, 15) is 8.42 Å². The van der Waals surface area contributed by atoms with Crippen LogP contribution in [0.2, 0.25) is 0 Å². The molecule has 6 nitrogen and oxygen atoms in total. The number of aromatic amines is 1. The van der Waals surface area contributed by atoms with Crippen LogP contribution in [0, 0.1) is 0 Å². The first-order valence-corrected chi connectivity index (χ1v) is 7.82. The minimum atomic E-state index is -3.44. The van der Waals surface area contributed by atoms with E-state index in [2.05, 4.69) is 15.5 Å². The first kappa shape index (κ1) is 13.5. The molecule has 102 valence electrons. The first-order chi connectivity index (χ1) is 8.66. The van der Waals surface area contributed by atoms with Crippen LogP contribution in [0.25, 0.3) is 0 Å². The van der Waals surface area contributed by atoms with Gasteiger partial charge in [0.1, 0.15) is 0 Å². The van der Waals surface area contributed by atoms with E-state index >= 15 is 0 Å². The third-order valence-corrected chi connectivity index (χ3v) is 5.07. The van der Waals surface area contributed by atoms with E-state index in [1.165, 1.54) is 12.3 Å². The zero-order chi connectivity index (χ0) is 13.0. The fourth-order valence-corrected chi connectivity index (χ4v) is 3.96. The van der Waals surface area contributed by atoms with Crippen LogP contribution in [0.15, 0.2) is 17.3 Å². The van der Waals surface area contributed by atoms with Crippen molar-refractivity contribution in [2.24, 2.45) is 0 Å². The molecule has 0 bridgehead atoms. The Kier molecular flexibility index (Phi) is 4.36. The average Bonchev–Trinajstić information content (AvgIpc) is 2.91. The highest BCUT2D eigenvalue weighted by molar-refractivity contribution is 7.89. The molecule has 0 spiro atoms. The molecule has 1 aromatic rings. The lowest BCUT2D eigenvalue weighted by molar-refractivity contribution is 0.265. The Hall–Kier alpha value is -0.920. The Morgan fingerprint density at radius 3 is 2.94 bits per heavy atom. The van der Waals surface area contributed by atoms with Crippen molar-refractivity contribution in [2.75, 3.05) is 19.6 Å². The van der Waals surface area contributed by atoms with Gasteiger partial charge in [0.05, 0.1) is 6.20 Å². The van der Waals surface area contributed by atoms with Crippen LogP contribution in [0.5, 0.6) is 0 Å². The van der Waals surface area contributed by atoms with Gasteiger partial charge in [0.25, 0.3) is 10.0 Å². The predicted octanol–water partition coefficient (Wildman–Crippen LogP) is 0.562. The summed E-state index contributed by atoms with van der Waals surface area (Å²) in [7, 11) is -3.44. The van der Waals surface area contributed by atoms with Gasteiger partial charge in [0.15, 0.2) is 5.03 Å². The zero-order valence-electron chi connectivity index (χ0n) is 10.6. The molecule has 2 N–H and O–H groups in total. The third-order valence-electron chi connectivity index (χ3n) is 3.18. The van der Waals surface area contributed by atoms with Gasteiger partial charge in [0, 0.05) is 19.1 Å². The summed E-state index contributed by atoms with van der Waals surface area (Å²) in [4.78, 5) is 0. The molecule has 1 atom stereocenters. The number of hydrogen-bond donors (Lipinski definition) is 2. The van der Waals surface area contributed by atoms with E-state index in [4.69, 9.17) is 0 Å². The van der Waals surface area contributed by atoms with E-state index < -0.39 is 10.0 Å². The normalized spacial score (nSPS) is 21.3. The van der Waals surface area contributed by atoms with Gasteiger partial charge in [-0.25, -0.2) is 8.42 Å². The maximum atomic E-state index is 12.5. The third kappa shape index (κ3) is 2.73. The summed E-state index contributed by atoms with van der Waals surface area (Å²) >= 11 is 0. The van der Waals surface area contributed by atoms with E-state index in [1.807, 2.05) is 6.92 Å². The highest BCUT2D eigenvalue weighted by Gasteiger charge is 2.32. The number of nitrogens with one attached hydrogen (secondary N) is 2. The van der Waals surface area contributed by atoms with Crippen LogP contribution in [-0.2, 0) is 10.0 Å². The molecule has 0 amide bonds. The summed E-state index contributed by atoms with van der Waals surface area (Å²) in [5, 5.41) is 9.73. The Morgan fingerprint density at radius 2 is 2.39 bits per heavy atom. The monoisotopic (exact) mass is 272 g/mol. The van der Waals surface area contributed by atoms with Crippen LogP contribution in [0.3, 0.4) is 0 Å². The maximum Gasteiger partial charge on any atom is 0.260 e. The van der Waals surface area contributed by atoms with Gasteiger partial charge < -0.3 is 5.32 Å². The maximum absolute atomic E-state index is 12.5. The zero-order valence-corrected chi connectivity index (χ0v) is 11.4. The molecule has 7 heteroatoms. The smallest absolute Gasteiger partial charge is 0.260 e. The second-order valence-corrected chi connectivity index (χ2v) is 6.40. The van der Waals surface area contributed by atoms with Crippen molar-refractivity contribution in [3.05, 3.63) is 12.3 Å². The van der Waals surface area contributed by atoms with Gasteiger partial charge in [-0.15, -0.1) is 0 Å². The summed E-state index contributed by atoms with van der Waals surface area (Å²) in [6, 6.07) is 1.56. The highest BCUT2D eigenvalue weighted by atomic mass is 32.2. The lowest BCUT2D eigenvalue weighted by Crippen LogP contribution is -2.48. The summed E-state index contributed by atoms with van der Waals surface area (Å²) in [6.07, 6.45) is 4.21. The van der Waals surface area contributed by atoms with Gasteiger partial charge >= 0.3 is 0 Å². The largest absolute Gasteiger partial charge is 0.315 e. The minimum Gasteiger partial charge on any atom is -0.315 e. The van der Waals surface area contributed by atoms with Gasteiger partial charge in [-0.3, -0.25) is 5.10 Å². The minimum absolute atomic E-state index is 0.0481. The molecule has 1 aliphatic rings. The number of H-pyrrole nitrogens is 1. The molecule has 1 aliphatic heterocycles. The van der Waals surface area contributed by atoms with Crippen molar-refractivity contribution in [3.8, 4) is 0 Å². The Bertz CT molecular complexity index is 451. The van der Waals surface area contributed by atoms with E-state index in [0.717, 1.165) is 32.4 Å². The fourth-order valence-electron chi connectivity index (χ4n) is 2.31. The van der Waals surface area contributed by atoms with Crippen LogP contribution in [-0.4, -0.2) is 48.6 Å². The van der Waals surface area contributed by atoms with Crippen molar-refractivity contribution in [1.82, 2.24) is 19.8 Å². The van der Waals surface area contributed by atoms with Crippen LogP contribution < -0.4 is 5.32 Å². The number of sulfonamides is 1. The van der Waals surface area contributed by atoms with Crippen molar-refractivity contribution < 1.29 is 8.42 Å². The van der Waals surface area contributed by atoms with Gasteiger partial charge in [-0.2, -0.15) is 9.40 Å². The van der Waals surface area contributed by atoms with Crippen LogP contribution in [0.4, 0.5) is 0 Å². The van der Waals surface area contributed by atoms with Gasteiger partial charge in [-0.05, 0) is 31.9 Å². The van der Waals surface area contributed by atoms with Crippen LogP contribution in [0.1, 0.15) is 26.2 Å². The molecule has 1 aromatic heterocycles. The molecule has 18 heavy (non-hydrogen) atoms. The van der Waals surface area contributed by atoms with E-state index in [0.29, 0.717) is 6.54 Å². The van der Waals surface area contributed by atoms with Crippen molar-refractivity contribution in [2.45, 2.75) is 37.3 Å². The standard InChI is InChI=1S/C11H20N4O2S/c1-2-8-15(10-4-3-6-12-9-10)18(16,17)11-5-7-13-14-11/h5,7,10,12H,2-4,6,8-9H2,1H3,(H,13,14). The fraction of sp³-hybridized carbons (Fsp3) is 0.727. The lowest BCUT2D eigenvalue weighted by atomic mass is 10.1. The van der Waals surface area contributed by atoms with Crippen molar-refractivity contribution in [1.29, 1.82) is 0 Å². The molecule has 1 fully saturated rings. The second-order valence-electron chi connectivity index (χ2n) is 4.54. The summed E-state index contributed by atoms with van der Waals surface area (Å²) < 4.78 is 26.6. The van der Waals surface area contributed by atoms with Crippen molar-refractivity contribution in [3.63, 3.8) is 0 Å². The second kappa shape index (κ2) is 5.81. The van der Waals surface area contributed by atoms with Gasteiger partial charge in [-0.1, -0.05) is 6.92 Å².